The Labute approximate surface area is 401 Å². The number of para-hydroxylation sites is 1. The van der Waals surface area contributed by atoms with Crippen molar-refractivity contribution < 1.29 is 4.42 Å². The molecule has 2 aliphatic rings. The number of rotatable bonds is 7. The van der Waals surface area contributed by atoms with Crippen LogP contribution in [0.3, 0.4) is 0 Å². The van der Waals surface area contributed by atoms with E-state index in [-0.39, 0.29) is 0 Å². The van der Waals surface area contributed by atoms with E-state index in [1.165, 1.54) is 55.6 Å². The molecule has 0 amide bonds. The summed E-state index contributed by atoms with van der Waals surface area (Å²) in [5.74, 6) is 0. The highest BCUT2D eigenvalue weighted by molar-refractivity contribution is 6.11. The lowest BCUT2D eigenvalue weighted by molar-refractivity contribution is 0.670. The number of hydrogen-bond acceptors (Lipinski definition) is 2. The summed E-state index contributed by atoms with van der Waals surface area (Å²) in [5.41, 5.74) is 24.2. The summed E-state index contributed by atoms with van der Waals surface area (Å²) >= 11 is 0. The molecule has 1 heterocycles. The van der Waals surface area contributed by atoms with Crippen molar-refractivity contribution in [3.63, 3.8) is 0 Å². The standard InChI is InChI=1S/C67H43NO/c1-4-18-44(19-5-1)49-40-50(45-20-6-2-7-21-45)42-52(41-49)68(51-37-34-46(35-38-51)48-36-39-64-58(43-48)56-28-16-27-53(66(56)69-64)47-22-8-3-9-23-47)63-33-17-32-62-65(63)57-26-12-15-31-61(57)67(62)59-29-13-10-24-54(59)55-25-11-14-30-60(55)67/h1-43H. The van der Waals surface area contributed by atoms with Crippen LogP contribution in [0.25, 0.3) is 88.7 Å². The van der Waals surface area contributed by atoms with E-state index in [9.17, 15) is 0 Å². The third-order valence-corrected chi connectivity index (χ3v) is 14.7. The van der Waals surface area contributed by atoms with Gasteiger partial charge in [-0.05, 0) is 126 Å². The molecule has 0 unspecified atom stereocenters. The zero-order chi connectivity index (χ0) is 45.5. The summed E-state index contributed by atoms with van der Waals surface area (Å²) in [5, 5.41) is 2.23. The van der Waals surface area contributed by atoms with Gasteiger partial charge in [-0.15, -0.1) is 0 Å². The Hall–Kier alpha value is -8.98. The number of hydrogen-bond donors (Lipinski definition) is 0. The summed E-state index contributed by atoms with van der Waals surface area (Å²) in [6.45, 7) is 0. The number of benzene rings is 11. The Bertz CT molecular complexity index is 3840. The molecule has 0 atom stereocenters. The molecule has 0 aliphatic heterocycles. The van der Waals surface area contributed by atoms with Gasteiger partial charge in [-0.2, -0.15) is 0 Å². The van der Waals surface area contributed by atoms with Gasteiger partial charge in [0, 0.05) is 33.3 Å². The highest BCUT2D eigenvalue weighted by Crippen LogP contribution is 2.64. The smallest absolute Gasteiger partial charge is 0.143 e. The number of anilines is 3. The Morgan fingerprint density at radius 2 is 0.783 bits per heavy atom. The topological polar surface area (TPSA) is 16.4 Å². The van der Waals surface area contributed by atoms with Gasteiger partial charge in [0.25, 0.3) is 0 Å². The van der Waals surface area contributed by atoms with E-state index in [0.717, 1.165) is 72.4 Å². The predicted molar refractivity (Wildman–Crippen MR) is 286 cm³/mol. The minimum absolute atomic E-state index is 0.469. The minimum Gasteiger partial charge on any atom is -0.455 e. The van der Waals surface area contributed by atoms with Crippen LogP contribution in [-0.2, 0) is 5.41 Å². The van der Waals surface area contributed by atoms with Gasteiger partial charge in [-0.3, -0.25) is 0 Å². The maximum Gasteiger partial charge on any atom is 0.143 e. The van der Waals surface area contributed by atoms with Gasteiger partial charge in [0.15, 0.2) is 0 Å². The fourth-order valence-corrected chi connectivity index (χ4v) is 11.7. The van der Waals surface area contributed by atoms with Crippen LogP contribution in [0, 0.1) is 0 Å². The van der Waals surface area contributed by atoms with Crippen LogP contribution in [-0.4, -0.2) is 0 Å². The van der Waals surface area contributed by atoms with Crippen molar-refractivity contribution in [2.75, 3.05) is 4.90 Å². The number of fused-ring (bicyclic) bond motifs is 13. The average molecular weight is 878 g/mol. The van der Waals surface area contributed by atoms with Gasteiger partial charge in [-0.1, -0.05) is 212 Å². The first-order valence-electron chi connectivity index (χ1n) is 23.8. The molecule has 0 saturated heterocycles. The van der Waals surface area contributed by atoms with Crippen molar-refractivity contribution in [2.45, 2.75) is 5.41 Å². The van der Waals surface area contributed by atoms with E-state index in [0.29, 0.717) is 0 Å². The molecular weight excluding hydrogens is 835 g/mol. The van der Waals surface area contributed by atoms with Crippen molar-refractivity contribution in [3.8, 4) is 66.8 Å². The molecule has 2 aliphatic carbocycles. The fourth-order valence-electron chi connectivity index (χ4n) is 11.7. The molecule has 0 saturated carbocycles. The summed E-state index contributed by atoms with van der Waals surface area (Å²) in [6.07, 6.45) is 0. The monoisotopic (exact) mass is 877 g/mol. The normalized spacial score (nSPS) is 12.8. The Kier molecular flexibility index (Phi) is 8.84. The summed E-state index contributed by atoms with van der Waals surface area (Å²) in [7, 11) is 0. The van der Waals surface area contributed by atoms with E-state index < -0.39 is 5.41 Å². The second-order valence-corrected chi connectivity index (χ2v) is 18.3. The molecule has 2 nitrogen and oxygen atoms in total. The van der Waals surface area contributed by atoms with Crippen molar-refractivity contribution >= 4 is 39.0 Å². The second kappa shape index (κ2) is 15.6. The van der Waals surface area contributed by atoms with Crippen molar-refractivity contribution in [1.82, 2.24) is 0 Å². The van der Waals surface area contributed by atoms with Crippen molar-refractivity contribution in [3.05, 3.63) is 283 Å². The molecule has 14 rings (SSSR count). The largest absolute Gasteiger partial charge is 0.455 e. The summed E-state index contributed by atoms with van der Waals surface area (Å²) < 4.78 is 6.59. The molecule has 2 heteroatoms. The third-order valence-electron chi connectivity index (χ3n) is 14.7. The average Bonchev–Trinajstić information content (AvgIpc) is 4.06. The predicted octanol–water partition coefficient (Wildman–Crippen LogP) is 18.1. The first-order valence-corrected chi connectivity index (χ1v) is 23.8. The molecule has 0 N–H and O–H groups in total. The van der Waals surface area contributed by atoms with Crippen LogP contribution in [0.5, 0.6) is 0 Å². The van der Waals surface area contributed by atoms with Gasteiger partial charge >= 0.3 is 0 Å². The molecule has 11 aromatic carbocycles. The van der Waals surface area contributed by atoms with E-state index in [4.69, 9.17) is 4.42 Å². The van der Waals surface area contributed by atoms with E-state index >= 15 is 0 Å². The van der Waals surface area contributed by atoms with Crippen LogP contribution < -0.4 is 4.90 Å². The molecule has 0 bridgehead atoms. The lowest BCUT2D eigenvalue weighted by Crippen LogP contribution is -2.26. The van der Waals surface area contributed by atoms with E-state index in [1.54, 1.807) is 0 Å². The molecule has 322 valence electrons. The molecule has 0 radical (unpaired) electrons. The van der Waals surface area contributed by atoms with Crippen LogP contribution in [0.1, 0.15) is 22.3 Å². The third kappa shape index (κ3) is 5.99. The van der Waals surface area contributed by atoms with Crippen molar-refractivity contribution in [2.24, 2.45) is 0 Å². The SMILES string of the molecule is c1ccc(-c2cc(-c3ccccc3)cc(N(c3ccc(-c4ccc5oc6c(-c7ccccc7)cccc6c5c4)cc3)c3cccc4c3-c3ccccc3C43c4ccccc4-c4ccccc43)c2)cc1. The van der Waals surface area contributed by atoms with Gasteiger partial charge in [-0.25, -0.2) is 0 Å². The van der Waals surface area contributed by atoms with Crippen LogP contribution >= 0.6 is 0 Å². The maximum atomic E-state index is 6.59. The Morgan fingerprint density at radius 1 is 0.290 bits per heavy atom. The lowest BCUT2D eigenvalue weighted by Gasteiger charge is -2.32. The van der Waals surface area contributed by atoms with Gasteiger partial charge < -0.3 is 9.32 Å². The molecule has 69 heavy (non-hydrogen) atoms. The second-order valence-electron chi connectivity index (χ2n) is 18.3. The van der Waals surface area contributed by atoms with Gasteiger partial charge in [0.1, 0.15) is 11.2 Å². The number of nitrogens with zero attached hydrogens (tertiary/aromatic N) is 1. The highest BCUT2D eigenvalue weighted by Gasteiger charge is 2.52. The molecule has 1 spiro atoms. The Morgan fingerprint density at radius 3 is 1.42 bits per heavy atom. The van der Waals surface area contributed by atoms with E-state index in [2.05, 4.69) is 266 Å². The molecule has 1 aromatic heterocycles. The molecular formula is C67H43NO. The zero-order valence-corrected chi connectivity index (χ0v) is 37.7. The van der Waals surface area contributed by atoms with Crippen molar-refractivity contribution in [1.29, 1.82) is 0 Å². The Balaban J connectivity index is 0.984. The highest BCUT2D eigenvalue weighted by atomic mass is 16.3. The van der Waals surface area contributed by atoms with Crippen LogP contribution in [0.4, 0.5) is 17.1 Å². The van der Waals surface area contributed by atoms with Gasteiger partial charge in [0.2, 0.25) is 0 Å². The first kappa shape index (κ1) is 39.2. The van der Waals surface area contributed by atoms with Crippen LogP contribution in [0.2, 0.25) is 0 Å². The molecule has 0 fully saturated rings. The first-order chi connectivity index (χ1) is 34.2. The lowest BCUT2D eigenvalue weighted by atomic mass is 9.70. The summed E-state index contributed by atoms with van der Waals surface area (Å²) in [6, 6.07) is 95.5. The van der Waals surface area contributed by atoms with E-state index in [1.807, 2.05) is 0 Å². The maximum absolute atomic E-state index is 6.59. The van der Waals surface area contributed by atoms with Crippen LogP contribution in [0.15, 0.2) is 265 Å². The fraction of sp³-hybridized carbons (Fsp3) is 0.0149. The number of furan rings is 1. The minimum atomic E-state index is -0.469. The quantitative estimate of drug-likeness (QED) is 0.159. The van der Waals surface area contributed by atoms with Gasteiger partial charge in [0.05, 0.1) is 11.1 Å². The molecule has 12 aromatic rings. The summed E-state index contributed by atoms with van der Waals surface area (Å²) in [4.78, 5) is 2.50. The zero-order valence-electron chi connectivity index (χ0n) is 37.7.